The summed E-state index contributed by atoms with van der Waals surface area (Å²) in [5.41, 5.74) is 8.12. The molecule has 0 aromatic carbocycles. The fourth-order valence-electron chi connectivity index (χ4n) is 1.93. The Hall–Kier alpha value is -0.980. The van der Waals surface area contributed by atoms with E-state index in [1.165, 1.54) is 18.4 Å². The largest absolute Gasteiger partial charge is 0.399 e. The van der Waals surface area contributed by atoms with Crippen LogP contribution in [0, 0.1) is 11.3 Å². The van der Waals surface area contributed by atoms with Crippen LogP contribution in [0.5, 0.6) is 0 Å². The lowest BCUT2D eigenvalue weighted by Crippen LogP contribution is -2.20. The first kappa shape index (κ1) is 12.1. The van der Waals surface area contributed by atoms with E-state index in [-0.39, 0.29) is 5.41 Å². The molecule has 2 unspecified atom stereocenters. The first-order chi connectivity index (χ1) is 6.99. The zero-order valence-corrected chi connectivity index (χ0v) is 10.4. The number of nitrogens with two attached hydrogens (primary N) is 1. The average molecular weight is 205 g/mol. The summed E-state index contributed by atoms with van der Waals surface area (Å²) in [6.45, 7) is 8.90. The van der Waals surface area contributed by atoms with Crippen LogP contribution < -0.4 is 5.73 Å². The van der Waals surface area contributed by atoms with Gasteiger partial charge in [0.05, 0.1) is 0 Å². The molecule has 15 heavy (non-hydrogen) atoms. The molecule has 2 N–H and O–H groups in total. The minimum absolute atomic E-state index is 0.151. The topological polar surface area (TPSA) is 26.0 Å². The molecule has 0 heterocycles. The van der Waals surface area contributed by atoms with Crippen molar-refractivity contribution in [1.82, 2.24) is 0 Å². The summed E-state index contributed by atoms with van der Waals surface area (Å²) >= 11 is 0. The zero-order chi connectivity index (χ0) is 11.5. The number of allylic oxidation sites excluding steroid dienone is 5. The van der Waals surface area contributed by atoms with Gasteiger partial charge in [-0.15, -0.1) is 0 Å². The fraction of sp³-hybridized carbons (Fsp3) is 0.571. The van der Waals surface area contributed by atoms with Crippen molar-refractivity contribution in [3.63, 3.8) is 0 Å². The van der Waals surface area contributed by atoms with E-state index in [1.54, 1.807) is 0 Å². The van der Waals surface area contributed by atoms with E-state index in [0.29, 0.717) is 5.92 Å². The molecule has 0 fully saturated rings. The Balaban J connectivity index is 2.90. The van der Waals surface area contributed by atoms with Crippen LogP contribution in [0.15, 0.2) is 35.6 Å². The highest BCUT2D eigenvalue weighted by molar-refractivity contribution is 5.35. The van der Waals surface area contributed by atoms with Gasteiger partial charge in [0.15, 0.2) is 0 Å². The van der Waals surface area contributed by atoms with Gasteiger partial charge in [-0.25, -0.2) is 0 Å². The van der Waals surface area contributed by atoms with Crippen LogP contribution in [0.1, 0.15) is 40.5 Å². The minimum atomic E-state index is 0.151. The third-order valence-electron chi connectivity index (χ3n) is 3.55. The predicted molar refractivity (Wildman–Crippen MR) is 67.3 cm³/mol. The van der Waals surface area contributed by atoms with E-state index in [0.717, 1.165) is 5.70 Å². The first-order valence-electron chi connectivity index (χ1n) is 5.84. The van der Waals surface area contributed by atoms with Crippen LogP contribution in [0.25, 0.3) is 0 Å². The lowest BCUT2D eigenvalue weighted by molar-refractivity contribution is 0.329. The molecule has 0 spiro atoms. The van der Waals surface area contributed by atoms with Gasteiger partial charge in [0, 0.05) is 11.1 Å². The molecule has 0 bridgehead atoms. The molecule has 1 rings (SSSR count). The average Bonchev–Trinajstić information content (AvgIpc) is 2.33. The highest BCUT2D eigenvalue weighted by Crippen LogP contribution is 2.35. The van der Waals surface area contributed by atoms with Gasteiger partial charge in [-0.2, -0.15) is 0 Å². The molecular formula is C14H23N. The SMILES string of the molecule is CCCC(C)C1(C)C=CC(C)=C(N)C=C1. The van der Waals surface area contributed by atoms with E-state index >= 15 is 0 Å². The summed E-state index contributed by atoms with van der Waals surface area (Å²) < 4.78 is 0. The zero-order valence-electron chi connectivity index (χ0n) is 10.4. The Bertz CT molecular complexity index is 285. The summed E-state index contributed by atoms with van der Waals surface area (Å²) in [5, 5.41) is 0. The molecule has 1 heteroatoms. The number of rotatable bonds is 3. The van der Waals surface area contributed by atoms with Gasteiger partial charge in [-0.05, 0) is 30.9 Å². The van der Waals surface area contributed by atoms with Crippen molar-refractivity contribution in [1.29, 1.82) is 0 Å². The Kier molecular flexibility index (Phi) is 3.78. The second kappa shape index (κ2) is 4.69. The molecule has 1 aliphatic rings. The number of hydrogen-bond donors (Lipinski definition) is 1. The predicted octanol–water partition coefficient (Wildman–Crippen LogP) is 3.79. The van der Waals surface area contributed by atoms with E-state index in [9.17, 15) is 0 Å². The third-order valence-corrected chi connectivity index (χ3v) is 3.55. The van der Waals surface area contributed by atoms with Crippen molar-refractivity contribution >= 4 is 0 Å². The second-order valence-corrected chi connectivity index (χ2v) is 4.86. The lowest BCUT2D eigenvalue weighted by atomic mass is 9.75. The normalized spacial score (nSPS) is 28.0. The van der Waals surface area contributed by atoms with Crippen LogP contribution in [-0.2, 0) is 0 Å². The summed E-state index contributed by atoms with van der Waals surface area (Å²) in [4.78, 5) is 0. The molecule has 0 saturated heterocycles. The van der Waals surface area contributed by atoms with Gasteiger partial charge >= 0.3 is 0 Å². The van der Waals surface area contributed by atoms with E-state index in [4.69, 9.17) is 5.73 Å². The van der Waals surface area contributed by atoms with Gasteiger partial charge in [0.2, 0.25) is 0 Å². The summed E-state index contributed by atoms with van der Waals surface area (Å²) in [6, 6.07) is 0. The summed E-state index contributed by atoms with van der Waals surface area (Å²) in [6.07, 6.45) is 11.2. The van der Waals surface area contributed by atoms with E-state index in [2.05, 4.69) is 52.0 Å². The second-order valence-electron chi connectivity index (χ2n) is 4.86. The molecule has 84 valence electrons. The molecule has 0 aliphatic heterocycles. The van der Waals surface area contributed by atoms with Crippen molar-refractivity contribution in [2.24, 2.45) is 17.1 Å². The fourth-order valence-corrected chi connectivity index (χ4v) is 1.93. The van der Waals surface area contributed by atoms with E-state index < -0.39 is 0 Å². The van der Waals surface area contributed by atoms with Gasteiger partial charge in [-0.3, -0.25) is 0 Å². The minimum Gasteiger partial charge on any atom is -0.399 e. The Labute approximate surface area is 93.7 Å². The molecule has 0 radical (unpaired) electrons. The monoisotopic (exact) mass is 205 g/mol. The highest BCUT2D eigenvalue weighted by Gasteiger charge is 2.25. The third kappa shape index (κ3) is 2.74. The van der Waals surface area contributed by atoms with Crippen LogP contribution >= 0.6 is 0 Å². The van der Waals surface area contributed by atoms with Gasteiger partial charge < -0.3 is 5.73 Å². The van der Waals surface area contributed by atoms with Crippen molar-refractivity contribution in [3.8, 4) is 0 Å². The quantitative estimate of drug-likeness (QED) is 0.745. The molecule has 2 atom stereocenters. The summed E-state index contributed by atoms with van der Waals surface area (Å²) in [5.74, 6) is 0.661. The molecule has 0 saturated carbocycles. The number of hydrogen-bond acceptors (Lipinski definition) is 1. The molecule has 0 amide bonds. The van der Waals surface area contributed by atoms with Crippen molar-refractivity contribution < 1.29 is 0 Å². The Morgan fingerprint density at radius 2 is 1.93 bits per heavy atom. The van der Waals surface area contributed by atoms with E-state index in [1.807, 2.05) is 0 Å². The maximum Gasteiger partial charge on any atom is 0.0340 e. The van der Waals surface area contributed by atoms with Gasteiger partial charge in [-0.1, -0.05) is 45.4 Å². The maximum atomic E-state index is 5.92. The molecule has 0 aromatic rings. The molecule has 1 nitrogen and oxygen atoms in total. The lowest BCUT2D eigenvalue weighted by Gasteiger charge is -2.29. The Morgan fingerprint density at radius 1 is 1.33 bits per heavy atom. The standard InChI is InChI=1S/C14H23N/c1-5-6-12(3)14(4)9-7-11(2)13(15)8-10-14/h7-10,12H,5-6,15H2,1-4H3. The smallest absolute Gasteiger partial charge is 0.0340 e. The van der Waals surface area contributed by atoms with Crippen molar-refractivity contribution in [2.75, 3.05) is 0 Å². The van der Waals surface area contributed by atoms with Crippen molar-refractivity contribution in [3.05, 3.63) is 35.6 Å². The summed E-state index contributed by atoms with van der Waals surface area (Å²) in [7, 11) is 0. The van der Waals surface area contributed by atoms with Gasteiger partial charge in [0.1, 0.15) is 0 Å². The van der Waals surface area contributed by atoms with Crippen LogP contribution in [0.4, 0.5) is 0 Å². The van der Waals surface area contributed by atoms with Crippen molar-refractivity contribution in [2.45, 2.75) is 40.5 Å². The van der Waals surface area contributed by atoms with Crippen LogP contribution in [0.2, 0.25) is 0 Å². The van der Waals surface area contributed by atoms with Gasteiger partial charge in [0.25, 0.3) is 0 Å². The highest BCUT2D eigenvalue weighted by atomic mass is 14.6. The molecule has 1 aliphatic carbocycles. The maximum absolute atomic E-state index is 5.92. The van der Waals surface area contributed by atoms with Crippen LogP contribution in [-0.4, -0.2) is 0 Å². The Morgan fingerprint density at radius 3 is 2.53 bits per heavy atom. The first-order valence-corrected chi connectivity index (χ1v) is 5.84. The van der Waals surface area contributed by atoms with Crippen LogP contribution in [0.3, 0.4) is 0 Å². The molecule has 0 aromatic heterocycles. The molecular weight excluding hydrogens is 182 g/mol.